The SMILES string of the molecule is Cc1ccc(Br)cc1CCN(C=O)CCCCc1ccccc1CNC(=O)C1CCC1. The zero-order valence-corrected chi connectivity index (χ0v) is 20.0. The van der Waals surface area contributed by atoms with Crippen LogP contribution >= 0.6 is 15.9 Å². The number of hydrogen-bond donors (Lipinski definition) is 1. The summed E-state index contributed by atoms with van der Waals surface area (Å²) in [6.07, 6.45) is 8.03. The molecule has 1 aliphatic carbocycles. The summed E-state index contributed by atoms with van der Waals surface area (Å²) in [4.78, 5) is 25.5. The van der Waals surface area contributed by atoms with Gasteiger partial charge in [0.1, 0.15) is 0 Å². The number of rotatable bonds is 12. The standard InChI is InChI=1S/C26H33BrN2O2/c1-20-12-13-25(27)17-23(20)14-16-29(19-30)15-5-4-8-21-7-2-3-9-24(21)18-28-26(31)22-10-6-11-22/h2-3,7,9,12-13,17,19,22H,4-6,8,10-11,14-16,18H2,1H3,(H,28,31). The van der Waals surface area contributed by atoms with Gasteiger partial charge in [0.15, 0.2) is 0 Å². The number of halogens is 1. The fourth-order valence-electron chi connectivity index (χ4n) is 3.99. The minimum Gasteiger partial charge on any atom is -0.352 e. The number of nitrogens with one attached hydrogen (secondary N) is 1. The average Bonchev–Trinajstić information content (AvgIpc) is 2.73. The number of carbonyl (C=O) groups excluding carboxylic acids is 2. The van der Waals surface area contributed by atoms with Gasteiger partial charge in [-0.15, -0.1) is 0 Å². The Kier molecular flexibility index (Phi) is 9.13. The lowest BCUT2D eigenvalue weighted by Gasteiger charge is -2.24. The molecule has 166 valence electrons. The lowest BCUT2D eigenvalue weighted by molar-refractivity contribution is -0.127. The first-order valence-electron chi connectivity index (χ1n) is 11.4. The first-order chi connectivity index (χ1) is 15.1. The molecule has 3 rings (SSSR count). The predicted molar refractivity (Wildman–Crippen MR) is 129 cm³/mol. The van der Waals surface area contributed by atoms with E-state index in [4.69, 9.17) is 0 Å². The first kappa shape index (κ1) is 23.5. The largest absolute Gasteiger partial charge is 0.352 e. The summed E-state index contributed by atoms with van der Waals surface area (Å²) in [6, 6.07) is 14.6. The fourth-order valence-corrected chi connectivity index (χ4v) is 4.40. The second kappa shape index (κ2) is 12.0. The van der Waals surface area contributed by atoms with Crippen LogP contribution < -0.4 is 5.32 Å². The molecule has 2 amide bonds. The molecule has 0 aliphatic heterocycles. The second-order valence-electron chi connectivity index (χ2n) is 8.53. The van der Waals surface area contributed by atoms with Crippen LogP contribution in [0.1, 0.15) is 54.4 Å². The van der Waals surface area contributed by atoms with Crippen LogP contribution in [0.3, 0.4) is 0 Å². The van der Waals surface area contributed by atoms with Crippen LogP contribution in [-0.4, -0.2) is 30.3 Å². The number of hydrogen-bond acceptors (Lipinski definition) is 2. The van der Waals surface area contributed by atoms with Crippen LogP contribution in [-0.2, 0) is 29.0 Å². The molecule has 0 spiro atoms. The first-order valence-corrected chi connectivity index (χ1v) is 12.1. The van der Waals surface area contributed by atoms with Gasteiger partial charge < -0.3 is 10.2 Å². The highest BCUT2D eigenvalue weighted by molar-refractivity contribution is 9.10. The van der Waals surface area contributed by atoms with Crippen LogP contribution in [0.2, 0.25) is 0 Å². The van der Waals surface area contributed by atoms with E-state index >= 15 is 0 Å². The molecule has 0 radical (unpaired) electrons. The summed E-state index contributed by atoms with van der Waals surface area (Å²) in [6.45, 7) is 4.23. The Labute approximate surface area is 194 Å². The molecule has 2 aromatic rings. The fraction of sp³-hybridized carbons (Fsp3) is 0.462. The number of benzene rings is 2. The molecule has 5 heteroatoms. The van der Waals surface area contributed by atoms with Gasteiger partial charge >= 0.3 is 0 Å². The van der Waals surface area contributed by atoms with E-state index in [0.29, 0.717) is 6.54 Å². The zero-order valence-electron chi connectivity index (χ0n) is 18.4. The molecule has 1 aliphatic rings. The lowest BCUT2D eigenvalue weighted by atomic mass is 9.85. The maximum atomic E-state index is 12.1. The van der Waals surface area contributed by atoms with Crippen LogP contribution in [0.5, 0.6) is 0 Å². The molecule has 0 heterocycles. The summed E-state index contributed by atoms with van der Waals surface area (Å²) < 4.78 is 1.08. The van der Waals surface area contributed by atoms with E-state index in [1.807, 2.05) is 17.0 Å². The molecule has 1 fully saturated rings. The highest BCUT2D eigenvalue weighted by Crippen LogP contribution is 2.26. The third-order valence-corrected chi connectivity index (χ3v) is 6.81. The summed E-state index contributed by atoms with van der Waals surface area (Å²) in [7, 11) is 0. The molecule has 0 aromatic heterocycles. The van der Waals surface area contributed by atoms with E-state index < -0.39 is 0 Å². The Balaban J connectivity index is 1.41. The van der Waals surface area contributed by atoms with Gasteiger partial charge in [0.2, 0.25) is 12.3 Å². The van der Waals surface area contributed by atoms with Gasteiger partial charge in [-0.1, -0.05) is 52.7 Å². The Morgan fingerprint density at radius 3 is 2.55 bits per heavy atom. The van der Waals surface area contributed by atoms with Crippen LogP contribution in [0.4, 0.5) is 0 Å². The lowest BCUT2D eigenvalue weighted by Crippen LogP contribution is -2.34. The second-order valence-corrected chi connectivity index (χ2v) is 9.45. The molecule has 4 nitrogen and oxygen atoms in total. The molecule has 2 aromatic carbocycles. The monoisotopic (exact) mass is 484 g/mol. The minimum atomic E-state index is 0.198. The van der Waals surface area contributed by atoms with Crippen molar-refractivity contribution in [1.82, 2.24) is 10.2 Å². The Morgan fingerprint density at radius 1 is 1.06 bits per heavy atom. The van der Waals surface area contributed by atoms with Gasteiger partial charge in [0.25, 0.3) is 0 Å². The Morgan fingerprint density at radius 2 is 1.84 bits per heavy atom. The van der Waals surface area contributed by atoms with Gasteiger partial charge in [0, 0.05) is 30.0 Å². The van der Waals surface area contributed by atoms with Crippen molar-refractivity contribution in [3.63, 3.8) is 0 Å². The number of aryl methyl sites for hydroxylation is 2. The molecular formula is C26H33BrN2O2. The molecular weight excluding hydrogens is 452 g/mol. The third kappa shape index (κ3) is 7.20. The molecule has 0 atom stereocenters. The number of carbonyl (C=O) groups is 2. The number of amides is 2. The quantitative estimate of drug-likeness (QED) is 0.332. The third-order valence-electron chi connectivity index (χ3n) is 6.32. The smallest absolute Gasteiger partial charge is 0.223 e. The molecule has 1 N–H and O–H groups in total. The molecule has 0 saturated heterocycles. The summed E-state index contributed by atoms with van der Waals surface area (Å²) >= 11 is 3.53. The van der Waals surface area contributed by atoms with E-state index in [9.17, 15) is 9.59 Å². The summed E-state index contributed by atoms with van der Waals surface area (Å²) in [5, 5.41) is 3.10. The summed E-state index contributed by atoms with van der Waals surface area (Å²) in [5.41, 5.74) is 5.03. The van der Waals surface area contributed by atoms with Gasteiger partial charge in [-0.25, -0.2) is 0 Å². The van der Waals surface area contributed by atoms with E-state index in [0.717, 1.165) is 62.5 Å². The van der Waals surface area contributed by atoms with Crippen molar-refractivity contribution in [3.05, 3.63) is 69.2 Å². The normalized spacial score (nSPS) is 13.5. The van der Waals surface area contributed by atoms with Crippen molar-refractivity contribution in [2.24, 2.45) is 5.92 Å². The molecule has 0 unspecified atom stereocenters. The van der Waals surface area contributed by atoms with E-state index in [1.165, 1.54) is 28.7 Å². The van der Waals surface area contributed by atoms with Crippen LogP contribution in [0.15, 0.2) is 46.9 Å². The Hall–Kier alpha value is -2.14. The van der Waals surface area contributed by atoms with Crippen LogP contribution in [0, 0.1) is 12.8 Å². The van der Waals surface area contributed by atoms with Gasteiger partial charge in [-0.3, -0.25) is 9.59 Å². The van der Waals surface area contributed by atoms with E-state index in [1.54, 1.807) is 0 Å². The van der Waals surface area contributed by atoms with Gasteiger partial charge in [0.05, 0.1) is 0 Å². The van der Waals surface area contributed by atoms with Crippen molar-refractivity contribution >= 4 is 28.2 Å². The summed E-state index contributed by atoms with van der Waals surface area (Å²) in [5.74, 6) is 0.422. The molecule has 31 heavy (non-hydrogen) atoms. The molecule has 1 saturated carbocycles. The van der Waals surface area contributed by atoms with Gasteiger partial charge in [-0.05, 0) is 79.8 Å². The maximum absolute atomic E-state index is 12.1. The van der Waals surface area contributed by atoms with E-state index in [-0.39, 0.29) is 11.8 Å². The number of nitrogens with zero attached hydrogens (tertiary/aromatic N) is 1. The van der Waals surface area contributed by atoms with E-state index in [2.05, 4.69) is 58.5 Å². The topological polar surface area (TPSA) is 49.4 Å². The predicted octanol–water partition coefficient (Wildman–Crippen LogP) is 5.20. The van der Waals surface area contributed by atoms with Crippen molar-refractivity contribution < 1.29 is 9.59 Å². The highest BCUT2D eigenvalue weighted by atomic mass is 79.9. The van der Waals surface area contributed by atoms with Crippen molar-refractivity contribution in [1.29, 1.82) is 0 Å². The maximum Gasteiger partial charge on any atom is 0.223 e. The van der Waals surface area contributed by atoms with Crippen molar-refractivity contribution in [3.8, 4) is 0 Å². The average molecular weight is 485 g/mol. The van der Waals surface area contributed by atoms with Gasteiger partial charge in [-0.2, -0.15) is 0 Å². The van der Waals surface area contributed by atoms with Crippen molar-refractivity contribution in [2.75, 3.05) is 13.1 Å². The zero-order chi connectivity index (χ0) is 22.1. The van der Waals surface area contributed by atoms with Crippen LogP contribution in [0.25, 0.3) is 0 Å². The minimum absolute atomic E-state index is 0.198. The van der Waals surface area contributed by atoms with Crippen molar-refractivity contribution in [2.45, 2.75) is 58.4 Å². The number of unbranched alkanes of at least 4 members (excludes halogenated alkanes) is 1. The molecule has 0 bridgehead atoms. The highest BCUT2D eigenvalue weighted by Gasteiger charge is 2.24. The Bertz CT molecular complexity index is 879.